The smallest absolute Gasteiger partial charge is 0.309 e. The molecule has 12 aromatic rings. The maximum absolute atomic E-state index is 11.8. The highest BCUT2D eigenvalue weighted by molar-refractivity contribution is 6.35. The van der Waals surface area contributed by atoms with Crippen molar-refractivity contribution in [3.8, 4) is 138 Å². The number of carbonyl (C=O) groups is 10. The summed E-state index contributed by atoms with van der Waals surface area (Å²) in [6.45, 7) is 1.48. The van der Waals surface area contributed by atoms with Crippen molar-refractivity contribution in [1.82, 2.24) is 37.2 Å². The molecule has 0 fully saturated rings. The summed E-state index contributed by atoms with van der Waals surface area (Å²) in [5, 5.41) is 248. The summed E-state index contributed by atoms with van der Waals surface area (Å²) in [5.74, 6) is -12.1. The molecule has 44 heteroatoms. The number of anilines is 3. The van der Waals surface area contributed by atoms with Gasteiger partial charge in [0.05, 0.1) is 0 Å². The largest absolute Gasteiger partial charge is 0.504 e. The van der Waals surface area contributed by atoms with E-state index in [4.69, 9.17) is 20.4 Å². The molecule has 0 spiro atoms. The summed E-state index contributed by atoms with van der Waals surface area (Å²) in [5.41, 5.74) is 6.68. The van der Waals surface area contributed by atoms with Gasteiger partial charge in [-0.3, -0.25) is 47.9 Å². The number of hydrogen-bond acceptors (Lipinski definition) is 34. The SMILES string of the molecule is O=C(/C=C/c1ccc(O)c(O)c1)NCCc1ccc(O)c(O)c1.O=C(/C=C/c1ccc(O)c(O)c1)Nc1ccc(O)c(O)c1.O=C(/C=C\C(=O)Nc1ccc(O)c(O)c1)Nc1ccc(O)c(O)c1.O=C(CCC(=O)NCCc1ccc(O)c(O)c1)NCCc1ccc(O)c(O)c1.O=C(NCCc1ccc(O)c(O)c1)C(=O)NCCc1ccc(O)c(O)c1.O=C(NCc1ccc(O)c(O)c1)C(=O)NCc1ccc(O)c(O)c1. The van der Waals surface area contributed by atoms with Crippen LogP contribution in [-0.2, 0) is 93.1 Å². The Morgan fingerprint density at radius 1 is 0.185 bits per heavy atom. The Hall–Kier alpha value is -20.2. The zero-order chi connectivity index (χ0) is 107. The van der Waals surface area contributed by atoms with Crippen LogP contribution in [0, 0.1) is 0 Å². The maximum Gasteiger partial charge on any atom is 0.309 e. The lowest BCUT2D eigenvalue weighted by atomic mass is 10.1. The Balaban J connectivity index is 0.000000238. The number of aromatic hydroxyl groups is 24. The molecule has 0 unspecified atom stereocenters. The van der Waals surface area contributed by atoms with Crippen LogP contribution in [0.5, 0.6) is 138 Å². The Morgan fingerprint density at radius 3 is 0.637 bits per heavy atom. The first-order valence-electron chi connectivity index (χ1n) is 43.4. The molecule has 766 valence electrons. The van der Waals surface area contributed by atoms with Crippen LogP contribution >= 0.6 is 0 Å². The van der Waals surface area contributed by atoms with Gasteiger partial charge in [-0.2, -0.15) is 0 Å². The number of rotatable bonds is 31. The molecule has 0 saturated heterocycles. The number of phenols is 24. The highest BCUT2D eigenvalue weighted by Gasteiger charge is 2.18. The Morgan fingerprint density at radius 2 is 0.384 bits per heavy atom. The van der Waals surface area contributed by atoms with Gasteiger partial charge < -0.3 is 176 Å². The predicted octanol–water partition coefficient (Wildman–Crippen LogP) is 7.96. The van der Waals surface area contributed by atoms with Crippen molar-refractivity contribution in [1.29, 1.82) is 0 Å². The fourth-order valence-corrected chi connectivity index (χ4v) is 11.9. The molecule has 12 rings (SSSR count). The van der Waals surface area contributed by atoms with Gasteiger partial charge >= 0.3 is 23.6 Å². The Labute approximate surface area is 829 Å². The zero-order valence-electron chi connectivity index (χ0n) is 77.0. The van der Waals surface area contributed by atoms with Crippen LogP contribution < -0.4 is 53.2 Å². The minimum atomic E-state index is -0.870. The molecule has 0 aliphatic carbocycles. The molecule has 146 heavy (non-hydrogen) atoms. The van der Waals surface area contributed by atoms with Crippen molar-refractivity contribution in [2.75, 3.05) is 48.7 Å². The second kappa shape index (κ2) is 56.6. The lowest BCUT2D eigenvalue weighted by Crippen LogP contribution is -2.41. The molecular weight excluding hydrogens is 1910 g/mol. The highest BCUT2D eigenvalue weighted by atomic mass is 16.3. The molecule has 0 atom stereocenters. The number of amides is 10. The van der Waals surface area contributed by atoms with Crippen molar-refractivity contribution in [3.05, 3.63) is 293 Å². The molecule has 0 radical (unpaired) electrons. The van der Waals surface area contributed by atoms with Gasteiger partial charge in [0, 0.05) is 118 Å². The summed E-state index contributed by atoms with van der Waals surface area (Å²) in [4.78, 5) is 117. The first-order valence-corrected chi connectivity index (χ1v) is 43.4. The lowest BCUT2D eigenvalue weighted by Gasteiger charge is -2.08. The number of hydrogen-bond donors (Lipinski definition) is 34. The molecule has 0 aliphatic heterocycles. The number of nitrogens with one attached hydrogen (secondary N) is 10. The van der Waals surface area contributed by atoms with Crippen LogP contribution in [0.4, 0.5) is 17.1 Å². The van der Waals surface area contributed by atoms with E-state index >= 15 is 0 Å². The molecule has 44 nitrogen and oxygen atoms in total. The molecule has 0 bridgehead atoms. The maximum atomic E-state index is 11.8. The van der Waals surface area contributed by atoms with Gasteiger partial charge in [0.2, 0.25) is 35.4 Å². The van der Waals surface area contributed by atoms with Gasteiger partial charge in [0.1, 0.15) is 0 Å². The van der Waals surface area contributed by atoms with Crippen LogP contribution in [0.3, 0.4) is 0 Å². The van der Waals surface area contributed by atoms with Gasteiger partial charge in [-0.05, 0) is 240 Å². The van der Waals surface area contributed by atoms with E-state index in [1.54, 1.807) is 36.4 Å². The van der Waals surface area contributed by atoms with Crippen molar-refractivity contribution < 1.29 is 171 Å². The quantitative estimate of drug-likeness (QED) is 0.00847. The van der Waals surface area contributed by atoms with Crippen LogP contribution in [0.15, 0.2) is 243 Å². The van der Waals surface area contributed by atoms with E-state index in [9.17, 15) is 150 Å². The van der Waals surface area contributed by atoms with E-state index in [2.05, 4.69) is 53.2 Å². The van der Waals surface area contributed by atoms with Gasteiger partial charge in [-0.15, -0.1) is 0 Å². The van der Waals surface area contributed by atoms with E-state index in [-0.39, 0.29) is 206 Å². The standard InChI is InChI=1S/C20H24N2O6.C18H20N2O6.C17H17NO5.C16H16N2O6.C16H14N2O6.C15H13NO5/c23-15-3-1-13(11-17(15)25)7-9-21-19(27)5-6-20(28)22-10-8-14-2-4-16(24)18(26)12-14;21-13-3-1-11(9-15(13)23)5-7-19-17(25)18(26)20-8-6-12-2-4-14(22)16(24)10-12;19-13-4-1-11(9-15(13)21)3-6-17(23)18-8-7-12-2-5-14(20)16(22)10-12;19-11-3-1-9(5-13(11)21)7-17-15(23)16(24)18-8-10-2-4-12(20)14(22)6-10;19-11-3-1-9(7-13(11)21)17-15(23)5-6-16(24)18-10-2-4-12(20)14(22)8-10;17-11-4-1-9(7-13(11)19)2-6-15(21)16-10-3-5-12(18)14(20)8-10/h1-4,11-12,23-26H,5-10H2,(H,21,27)(H,22,28);1-4,9-10,21-24H,5-8H2,(H,19,25)(H,20,26);1-6,9-10,19-22H,7-8H2,(H,18,23);1-6,19-22H,7-8H2,(H,17,23)(H,18,24);1-8,19-22H,(H,17,23)(H,18,24);1-8,17-20H,(H,16,21)/b;;6-3+;;6-5-;6-2+. The fraction of sp³-hybridized carbons (Fsp3) is 0.137. The molecule has 10 amide bonds. The normalized spacial score (nSPS) is 10.5. The van der Waals surface area contributed by atoms with E-state index in [0.717, 1.165) is 41.0 Å². The second-order valence-corrected chi connectivity index (χ2v) is 31.0. The monoisotopic (exact) mass is 2010 g/mol. The van der Waals surface area contributed by atoms with Gasteiger partial charge in [0.15, 0.2) is 138 Å². The predicted molar refractivity (Wildman–Crippen MR) is 527 cm³/mol. The van der Waals surface area contributed by atoms with Crippen LogP contribution in [0.1, 0.15) is 62.9 Å². The number of phenolic OH excluding ortho intramolecular Hbond substituents is 24. The molecule has 0 heterocycles. The molecule has 0 aromatic heterocycles. The van der Waals surface area contributed by atoms with Crippen LogP contribution in [-0.4, -0.2) is 214 Å². The molecule has 34 N–H and O–H groups in total. The van der Waals surface area contributed by atoms with Crippen molar-refractivity contribution in [2.45, 2.75) is 58.0 Å². The van der Waals surface area contributed by atoms with E-state index in [0.29, 0.717) is 90.8 Å². The molecule has 0 saturated carbocycles. The molecular formula is C102H104N10O34. The van der Waals surface area contributed by atoms with Gasteiger partial charge in [0.25, 0.3) is 0 Å². The van der Waals surface area contributed by atoms with Crippen molar-refractivity contribution >= 4 is 88.3 Å². The average molecular weight is 2010 g/mol. The third-order valence-electron chi connectivity index (χ3n) is 19.7. The Kier molecular flexibility index (Phi) is 43.7. The summed E-state index contributed by atoms with van der Waals surface area (Å²) >= 11 is 0. The third kappa shape index (κ3) is 40.1. The fourth-order valence-electron chi connectivity index (χ4n) is 11.9. The van der Waals surface area contributed by atoms with Gasteiger partial charge in [-0.25, -0.2) is 0 Å². The van der Waals surface area contributed by atoms with Crippen LogP contribution in [0.2, 0.25) is 0 Å². The number of carbonyl (C=O) groups excluding carboxylic acids is 10. The lowest BCUT2D eigenvalue weighted by molar-refractivity contribution is -0.139. The first kappa shape index (κ1) is 113. The van der Waals surface area contributed by atoms with Gasteiger partial charge in [-0.1, -0.05) is 54.6 Å². The topological polar surface area (TPSA) is 777 Å². The summed E-state index contributed by atoms with van der Waals surface area (Å²) in [7, 11) is 0. The summed E-state index contributed by atoms with van der Waals surface area (Å²) in [6, 6.07) is 50.0. The first-order chi connectivity index (χ1) is 69.3. The third-order valence-corrected chi connectivity index (χ3v) is 19.7. The summed E-state index contributed by atoms with van der Waals surface area (Å²) < 4.78 is 0. The molecule has 12 aromatic carbocycles. The van der Waals surface area contributed by atoms with Crippen LogP contribution in [0.25, 0.3) is 12.2 Å². The average Bonchev–Trinajstić information content (AvgIpc) is 0.864. The Bertz CT molecular complexity index is 6460. The zero-order valence-corrected chi connectivity index (χ0v) is 77.0. The number of benzene rings is 12. The van der Waals surface area contributed by atoms with E-state index in [1.165, 1.54) is 194 Å². The van der Waals surface area contributed by atoms with E-state index < -0.39 is 41.4 Å². The van der Waals surface area contributed by atoms with Crippen molar-refractivity contribution in [3.63, 3.8) is 0 Å². The van der Waals surface area contributed by atoms with Crippen molar-refractivity contribution in [2.24, 2.45) is 0 Å². The minimum Gasteiger partial charge on any atom is -0.504 e. The second-order valence-electron chi connectivity index (χ2n) is 31.0. The summed E-state index contributed by atoms with van der Waals surface area (Å²) in [6.07, 6.45) is 9.85. The molecule has 0 aliphatic rings. The highest BCUT2D eigenvalue weighted by Crippen LogP contribution is 2.35. The van der Waals surface area contributed by atoms with E-state index in [1.807, 2.05) is 0 Å². The minimum absolute atomic E-state index is 0.0000901.